The molecule has 0 aliphatic heterocycles. The summed E-state index contributed by atoms with van der Waals surface area (Å²) < 4.78 is 37.7. The van der Waals surface area contributed by atoms with Crippen LogP contribution in [-0.4, -0.2) is 41.5 Å². The predicted octanol–water partition coefficient (Wildman–Crippen LogP) is 0.763. The molecule has 0 spiro atoms. The lowest BCUT2D eigenvalue weighted by atomic mass is 10.2. The van der Waals surface area contributed by atoms with Crippen LogP contribution in [-0.2, 0) is 6.18 Å². The monoisotopic (exact) mass is 275 g/mol. The number of anilines is 1. The summed E-state index contributed by atoms with van der Waals surface area (Å²) in [6, 6.07) is 3.48. The second kappa shape index (κ2) is 6.36. The van der Waals surface area contributed by atoms with Crippen molar-refractivity contribution in [3.63, 3.8) is 0 Å². The van der Waals surface area contributed by atoms with Crippen LogP contribution in [0, 0.1) is 11.3 Å². The molecule has 0 aliphatic rings. The van der Waals surface area contributed by atoms with Crippen LogP contribution in [0.25, 0.3) is 0 Å². The lowest BCUT2D eigenvalue weighted by molar-refractivity contribution is -0.141. The van der Waals surface area contributed by atoms with Crippen LogP contribution in [0.5, 0.6) is 0 Å². The molecule has 19 heavy (non-hydrogen) atoms. The normalized spacial score (nSPS) is 11.2. The fourth-order valence-electron chi connectivity index (χ4n) is 1.50. The number of hydrogen-bond acceptors (Lipinski definition) is 5. The molecule has 2 N–H and O–H groups in total. The van der Waals surface area contributed by atoms with Crippen molar-refractivity contribution >= 4 is 5.82 Å². The quantitative estimate of drug-likeness (QED) is 0.829. The summed E-state index contributed by atoms with van der Waals surface area (Å²) in [4.78, 5) is 4.64. The van der Waals surface area contributed by atoms with Gasteiger partial charge in [0, 0.05) is 13.1 Å². The van der Waals surface area contributed by atoms with Gasteiger partial charge in [-0.2, -0.15) is 18.4 Å². The van der Waals surface area contributed by atoms with Crippen LogP contribution in [0.1, 0.15) is 11.3 Å². The molecular formula is C11H12F3N3O2. The average molecular weight is 275 g/mol. The SMILES string of the molecule is N#Cc1ccc(C(F)(F)F)nc1N(CCO)CCO. The van der Waals surface area contributed by atoms with E-state index in [1.54, 1.807) is 6.07 Å². The zero-order chi connectivity index (χ0) is 14.5. The van der Waals surface area contributed by atoms with Gasteiger partial charge in [-0.05, 0) is 12.1 Å². The highest BCUT2D eigenvalue weighted by Crippen LogP contribution is 2.30. The summed E-state index contributed by atoms with van der Waals surface area (Å²) >= 11 is 0. The second-order valence-electron chi connectivity index (χ2n) is 3.61. The Morgan fingerprint density at radius 1 is 1.21 bits per heavy atom. The molecule has 1 aromatic rings. The molecule has 0 unspecified atom stereocenters. The van der Waals surface area contributed by atoms with E-state index in [9.17, 15) is 13.2 Å². The molecule has 5 nitrogen and oxygen atoms in total. The first kappa shape index (κ1) is 15.2. The standard InChI is InChI=1S/C11H12F3N3O2/c12-11(13,14)9-2-1-8(7-15)10(16-9)17(3-5-18)4-6-19/h1-2,18-19H,3-6H2. The Kier molecular flexibility index (Phi) is 5.09. The van der Waals surface area contributed by atoms with E-state index in [1.807, 2.05) is 0 Å². The van der Waals surface area contributed by atoms with E-state index in [1.165, 1.54) is 4.90 Å². The highest BCUT2D eigenvalue weighted by Gasteiger charge is 2.33. The van der Waals surface area contributed by atoms with Crippen molar-refractivity contribution in [1.82, 2.24) is 4.98 Å². The fraction of sp³-hybridized carbons (Fsp3) is 0.455. The largest absolute Gasteiger partial charge is 0.433 e. The summed E-state index contributed by atoms with van der Waals surface area (Å²) in [7, 11) is 0. The van der Waals surface area contributed by atoms with Crippen LogP contribution < -0.4 is 4.90 Å². The third-order valence-electron chi connectivity index (χ3n) is 2.33. The highest BCUT2D eigenvalue weighted by molar-refractivity contribution is 5.54. The van der Waals surface area contributed by atoms with Crippen LogP contribution >= 0.6 is 0 Å². The molecular weight excluding hydrogens is 263 g/mol. The van der Waals surface area contributed by atoms with Crippen LogP contribution in [0.4, 0.5) is 19.0 Å². The van der Waals surface area contributed by atoms with E-state index in [4.69, 9.17) is 15.5 Å². The molecule has 0 saturated heterocycles. The van der Waals surface area contributed by atoms with Crippen LogP contribution in [0.15, 0.2) is 12.1 Å². The van der Waals surface area contributed by atoms with E-state index in [0.717, 1.165) is 12.1 Å². The van der Waals surface area contributed by atoms with E-state index in [-0.39, 0.29) is 37.7 Å². The summed E-state index contributed by atoms with van der Waals surface area (Å²) in [5.74, 6) is -0.194. The molecule has 0 bridgehead atoms. The molecule has 104 valence electrons. The Labute approximate surface area is 107 Å². The Balaban J connectivity index is 3.24. The maximum absolute atomic E-state index is 12.6. The van der Waals surface area contributed by atoms with E-state index >= 15 is 0 Å². The van der Waals surface area contributed by atoms with E-state index in [2.05, 4.69) is 4.98 Å². The molecule has 0 amide bonds. The first-order valence-electron chi connectivity index (χ1n) is 5.39. The van der Waals surface area contributed by atoms with E-state index in [0.29, 0.717) is 0 Å². The maximum Gasteiger partial charge on any atom is 0.433 e. The summed E-state index contributed by atoms with van der Waals surface area (Å²) in [6.45, 7) is -0.710. The minimum Gasteiger partial charge on any atom is -0.395 e. The second-order valence-corrected chi connectivity index (χ2v) is 3.61. The minimum absolute atomic E-state index is 0.0243. The zero-order valence-corrected chi connectivity index (χ0v) is 9.85. The minimum atomic E-state index is -4.62. The van der Waals surface area contributed by atoms with Crippen molar-refractivity contribution < 1.29 is 23.4 Å². The zero-order valence-electron chi connectivity index (χ0n) is 9.85. The maximum atomic E-state index is 12.6. The number of halogens is 3. The summed E-state index contributed by atoms with van der Waals surface area (Å²) in [5.41, 5.74) is -1.17. The van der Waals surface area contributed by atoms with Crippen molar-refractivity contribution in [1.29, 1.82) is 5.26 Å². The number of pyridine rings is 1. The van der Waals surface area contributed by atoms with Gasteiger partial charge in [0.1, 0.15) is 17.6 Å². The number of aromatic nitrogens is 1. The van der Waals surface area contributed by atoms with Gasteiger partial charge in [-0.25, -0.2) is 4.98 Å². The first-order valence-corrected chi connectivity index (χ1v) is 5.39. The van der Waals surface area contributed by atoms with Crippen molar-refractivity contribution in [2.75, 3.05) is 31.2 Å². The van der Waals surface area contributed by atoms with Crippen LogP contribution in [0.3, 0.4) is 0 Å². The van der Waals surface area contributed by atoms with Gasteiger partial charge in [0.2, 0.25) is 0 Å². The average Bonchev–Trinajstić information content (AvgIpc) is 2.36. The lowest BCUT2D eigenvalue weighted by Crippen LogP contribution is -2.31. The number of nitriles is 1. The Morgan fingerprint density at radius 3 is 2.21 bits per heavy atom. The van der Waals surface area contributed by atoms with Gasteiger partial charge in [-0.1, -0.05) is 0 Å². The van der Waals surface area contributed by atoms with Gasteiger partial charge >= 0.3 is 6.18 Å². The van der Waals surface area contributed by atoms with E-state index < -0.39 is 11.9 Å². The summed E-state index contributed by atoms with van der Waals surface area (Å²) in [5, 5.41) is 26.6. The molecule has 0 atom stereocenters. The van der Waals surface area contributed by atoms with Crippen molar-refractivity contribution in [2.24, 2.45) is 0 Å². The van der Waals surface area contributed by atoms with Gasteiger partial charge in [0.05, 0.1) is 18.8 Å². The topological polar surface area (TPSA) is 80.4 Å². The number of nitrogens with zero attached hydrogens (tertiary/aromatic N) is 3. The molecule has 0 saturated carbocycles. The summed E-state index contributed by atoms with van der Waals surface area (Å²) in [6.07, 6.45) is -4.62. The number of aliphatic hydroxyl groups excluding tert-OH is 2. The van der Waals surface area contributed by atoms with Gasteiger partial charge < -0.3 is 15.1 Å². The lowest BCUT2D eigenvalue weighted by Gasteiger charge is -2.23. The third kappa shape index (κ3) is 3.81. The van der Waals surface area contributed by atoms with Crippen molar-refractivity contribution in [3.05, 3.63) is 23.4 Å². The van der Waals surface area contributed by atoms with Gasteiger partial charge in [0.15, 0.2) is 0 Å². The van der Waals surface area contributed by atoms with Crippen molar-refractivity contribution in [2.45, 2.75) is 6.18 Å². The van der Waals surface area contributed by atoms with Gasteiger partial charge in [-0.3, -0.25) is 0 Å². The smallest absolute Gasteiger partial charge is 0.395 e. The predicted molar refractivity (Wildman–Crippen MR) is 60.3 cm³/mol. The molecule has 0 radical (unpaired) electrons. The molecule has 1 heterocycles. The molecule has 1 aromatic heterocycles. The number of hydrogen-bond donors (Lipinski definition) is 2. The highest BCUT2D eigenvalue weighted by atomic mass is 19.4. The molecule has 0 fully saturated rings. The number of rotatable bonds is 5. The first-order chi connectivity index (χ1) is 8.93. The Hall–Kier alpha value is -1.85. The number of alkyl halides is 3. The van der Waals surface area contributed by atoms with Crippen molar-refractivity contribution in [3.8, 4) is 6.07 Å². The number of aliphatic hydroxyl groups is 2. The Bertz CT molecular complexity index is 465. The fourth-order valence-corrected chi connectivity index (χ4v) is 1.50. The Morgan fingerprint density at radius 2 is 1.79 bits per heavy atom. The van der Waals surface area contributed by atoms with Gasteiger partial charge in [-0.15, -0.1) is 0 Å². The third-order valence-corrected chi connectivity index (χ3v) is 2.33. The molecule has 0 aliphatic carbocycles. The molecule has 1 rings (SSSR count). The van der Waals surface area contributed by atoms with Crippen LogP contribution in [0.2, 0.25) is 0 Å². The molecule has 0 aromatic carbocycles. The van der Waals surface area contributed by atoms with Gasteiger partial charge in [0.25, 0.3) is 0 Å². The molecule has 8 heteroatoms.